The molecule has 21 heavy (non-hydrogen) atoms. The predicted molar refractivity (Wildman–Crippen MR) is 74.2 cm³/mol. The van der Waals surface area contributed by atoms with E-state index < -0.39 is 29.2 Å². The minimum Gasteiger partial charge on any atom is -0.314 e. The maximum atomic E-state index is 13.4. The zero-order valence-corrected chi connectivity index (χ0v) is 11.7. The fourth-order valence-corrected chi connectivity index (χ4v) is 2.46. The van der Waals surface area contributed by atoms with E-state index in [1.807, 2.05) is 6.92 Å². The molecule has 2 amide bonds. The predicted octanol–water partition coefficient (Wildman–Crippen LogP) is 4.32. The van der Waals surface area contributed by atoms with E-state index in [9.17, 15) is 18.0 Å². The molecule has 114 valence electrons. The molecule has 0 saturated heterocycles. The van der Waals surface area contributed by atoms with Crippen LogP contribution in [-0.2, 0) is 0 Å². The van der Waals surface area contributed by atoms with Gasteiger partial charge in [0.15, 0.2) is 17.5 Å². The number of carbonyl (C=O) groups excluding carboxylic acids is 1. The van der Waals surface area contributed by atoms with Crippen molar-refractivity contribution in [3.05, 3.63) is 41.4 Å². The monoisotopic (exact) mass is 298 g/mol. The molecule has 0 bridgehead atoms. The molecule has 0 aromatic heterocycles. The molecule has 1 saturated carbocycles. The number of hydrogen-bond donors (Lipinski definition) is 2. The van der Waals surface area contributed by atoms with Crippen LogP contribution in [0.4, 0.5) is 23.7 Å². The Kier molecular flexibility index (Phi) is 4.88. The summed E-state index contributed by atoms with van der Waals surface area (Å²) in [6.45, 7) is 1.93. The van der Waals surface area contributed by atoms with Gasteiger partial charge in [-0.05, 0) is 37.8 Å². The number of allylic oxidation sites excluding steroid dienone is 1. The normalized spacial score (nSPS) is 16.1. The van der Waals surface area contributed by atoms with Crippen LogP contribution in [0, 0.1) is 23.4 Å². The Labute approximate surface area is 121 Å². The number of carbonyl (C=O) groups is 1. The summed E-state index contributed by atoms with van der Waals surface area (Å²) in [7, 11) is 0. The van der Waals surface area contributed by atoms with Gasteiger partial charge in [0.2, 0.25) is 0 Å². The van der Waals surface area contributed by atoms with E-state index in [4.69, 9.17) is 0 Å². The molecule has 1 aliphatic rings. The second-order valence-corrected chi connectivity index (χ2v) is 5.19. The van der Waals surface area contributed by atoms with Crippen molar-refractivity contribution < 1.29 is 18.0 Å². The molecule has 0 radical (unpaired) electrons. The number of benzene rings is 1. The van der Waals surface area contributed by atoms with Gasteiger partial charge < -0.3 is 10.6 Å². The zero-order valence-electron chi connectivity index (χ0n) is 11.7. The van der Waals surface area contributed by atoms with Crippen LogP contribution in [0.25, 0.3) is 0 Å². The lowest BCUT2D eigenvalue weighted by Gasteiger charge is -2.11. The highest BCUT2D eigenvalue weighted by atomic mass is 19.2. The Hall–Kier alpha value is -1.98. The quantitative estimate of drug-likeness (QED) is 0.802. The maximum Gasteiger partial charge on any atom is 0.323 e. The molecule has 1 aromatic rings. The first-order valence-electron chi connectivity index (χ1n) is 6.86. The number of urea groups is 1. The van der Waals surface area contributed by atoms with Gasteiger partial charge in [-0.2, -0.15) is 0 Å². The first kappa shape index (κ1) is 15.4. The topological polar surface area (TPSA) is 41.1 Å². The molecule has 1 fully saturated rings. The molecule has 1 aliphatic carbocycles. The van der Waals surface area contributed by atoms with Crippen LogP contribution in [0.1, 0.15) is 32.6 Å². The van der Waals surface area contributed by atoms with Crippen LogP contribution in [0.5, 0.6) is 0 Å². The Bertz CT molecular complexity index is 566. The van der Waals surface area contributed by atoms with Crippen LogP contribution in [0.15, 0.2) is 23.9 Å². The highest BCUT2D eigenvalue weighted by molar-refractivity contribution is 5.90. The van der Waals surface area contributed by atoms with E-state index >= 15 is 0 Å². The zero-order chi connectivity index (χ0) is 15.4. The Morgan fingerprint density at radius 2 is 1.86 bits per heavy atom. The van der Waals surface area contributed by atoms with Gasteiger partial charge in [-0.3, -0.25) is 0 Å². The first-order valence-corrected chi connectivity index (χ1v) is 6.86. The minimum absolute atomic E-state index is 0.404. The molecule has 0 spiro atoms. The second kappa shape index (κ2) is 6.65. The van der Waals surface area contributed by atoms with Crippen molar-refractivity contribution >= 4 is 11.7 Å². The van der Waals surface area contributed by atoms with Crippen LogP contribution in [0.3, 0.4) is 0 Å². The second-order valence-electron chi connectivity index (χ2n) is 5.19. The number of hydrogen-bond acceptors (Lipinski definition) is 1. The molecule has 1 aromatic carbocycles. The molecule has 3 nitrogen and oxygen atoms in total. The van der Waals surface area contributed by atoms with E-state index in [2.05, 4.69) is 10.6 Å². The summed E-state index contributed by atoms with van der Waals surface area (Å²) in [5, 5.41) is 4.62. The fourth-order valence-electron chi connectivity index (χ4n) is 2.46. The van der Waals surface area contributed by atoms with Gasteiger partial charge in [0.25, 0.3) is 0 Å². The van der Waals surface area contributed by atoms with Crippen LogP contribution in [-0.4, -0.2) is 6.03 Å². The highest BCUT2D eigenvalue weighted by Crippen LogP contribution is 2.30. The molecule has 0 atom stereocenters. The Balaban J connectivity index is 1.96. The highest BCUT2D eigenvalue weighted by Gasteiger charge is 2.17. The third-order valence-electron chi connectivity index (χ3n) is 3.71. The lowest BCUT2D eigenvalue weighted by molar-refractivity contribution is 0.254. The third kappa shape index (κ3) is 3.77. The molecule has 0 heterocycles. The molecular formula is C15H17F3N2O. The van der Waals surface area contributed by atoms with Crippen molar-refractivity contribution in [1.29, 1.82) is 0 Å². The van der Waals surface area contributed by atoms with E-state index in [0.717, 1.165) is 30.5 Å². The number of amides is 2. The maximum absolute atomic E-state index is 13.4. The van der Waals surface area contributed by atoms with Crippen molar-refractivity contribution in [3.63, 3.8) is 0 Å². The lowest BCUT2D eigenvalue weighted by atomic mass is 10.0. The molecule has 2 N–H and O–H groups in total. The number of anilines is 1. The number of halogens is 3. The average molecular weight is 298 g/mol. The number of rotatable bonds is 3. The van der Waals surface area contributed by atoms with Crippen LogP contribution in [0.2, 0.25) is 0 Å². The summed E-state index contributed by atoms with van der Waals surface area (Å²) in [6, 6.07) is 1.03. The Morgan fingerprint density at radius 1 is 1.19 bits per heavy atom. The standard InChI is InChI=1S/C15H17F3N2O/c1-9(10-4-2-3-5-10)8-19-15(21)20-12-7-6-11(16)13(17)14(12)18/h6-8,10H,2-5H2,1H3,(H2,19,20,21)/b9-8+. The summed E-state index contributed by atoms with van der Waals surface area (Å²) in [5.74, 6) is -3.85. The summed E-state index contributed by atoms with van der Waals surface area (Å²) in [5.41, 5.74) is 0.645. The molecule has 0 aliphatic heterocycles. The van der Waals surface area contributed by atoms with E-state index in [1.165, 1.54) is 12.8 Å². The SMILES string of the molecule is C/C(=C\NC(=O)Nc1ccc(F)c(F)c1F)C1CCCC1. The van der Waals surface area contributed by atoms with E-state index in [0.29, 0.717) is 5.92 Å². The third-order valence-corrected chi connectivity index (χ3v) is 3.71. The van der Waals surface area contributed by atoms with Gasteiger partial charge >= 0.3 is 6.03 Å². The van der Waals surface area contributed by atoms with Crippen molar-refractivity contribution in [1.82, 2.24) is 5.32 Å². The molecule has 0 unspecified atom stereocenters. The van der Waals surface area contributed by atoms with E-state index in [-0.39, 0.29) is 0 Å². The van der Waals surface area contributed by atoms with Crippen molar-refractivity contribution in [3.8, 4) is 0 Å². The lowest BCUT2D eigenvalue weighted by Crippen LogP contribution is -2.25. The van der Waals surface area contributed by atoms with Crippen LogP contribution < -0.4 is 10.6 Å². The Morgan fingerprint density at radius 3 is 2.52 bits per heavy atom. The van der Waals surface area contributed by atoms with Gasteiger partial charge in [-0.15, -0.1) is 0 Å². The summed E-state index contributed by atoms with van der Waals surface area (Å²) >= 11 is 0. The minimum atomic E-state index is -1.61. The molecular weight excluding hydrogens is 281 g/mol. The summed E-state index contributed by atoms with van der Waals surface area (Å²) in [6.07, 6.45) is 6.14. The van der Waals surface area contributed by atoms with Gasteiger partial charge in [0.05, 0.1) is 5.69 Å². The van der Waals surface area contributed by atoms with Crippen LogP contribution >= 0.6 is 0 Å². The summed E-state index contributed by atoms with van der Waals surface area (Å²) in [4.78, 5) is 11.6. The fraction of sp³-hybridized carbons (Fsp3) is 0.400. The van der Waals surface area contributed by atoms with Crippen molar-refractivity contribution in [2.75, 3.05) is 5.32 Å². The van der Waals surface area contributed by atoms with Crippen molar-refractivity contribution in [2.24, 2.45) is 5.92 Å². The number of nitrogens with one attached hydrogen (secondary N) is 2. The van der Waals surface area contributed by atoms with Gasteiger partial charge in [0, 0.05) is 6.20 Å². The van der Waals surface area contributed by atoms with Gasteiger partial charge in [0.1, 0.15) is 0 Å². The molecule has 6 heteroatoms. The smallest absolute Gasteiger partial charge is 0.314 e. The van der Waals surface area contributed by atoms with Gasteiger partial charge in [-0.25, -0.2) is 18.0 Å². The van der Waals surface area contributed by atoms with Crippen molar-refractivity contribution in [2.45, 2.75) is 32.6 Å². The first-order chi connectivity index (χ1) is 9.99. The molecule has 2 rings (SSSR count). The largest absolute Gasteiger partial charge is 0.323 e. The average Bonchev–Trinajstić information content (AvgIpc) is 3.00. The van der Waals surface area contributed by atoms with E-state index in [1.54, 1.807) is 6.20 Å². The van der Waals surface area contributed by atoms with Gasteiger partial charge in [-0.1, -0.05) is 18.4 Å². The summed E-state index contributed by atoms with van der Waals surface area (Å²) < 4.78 is 39.2.